The minimum Gasteiger partial charge on any atom is -0.444 e. The average molecular weight is 320 g/mol. The lowest BCUT2D eigenvalue weighted by Crippen LogP contribution is -2.12. The summed E-state index contributed by atoms with van der Waals surface area (Å²) in [6.45, 7) is 0.883. The Hall–Kier alpha value is -2.92. The van der Waals surface area contributed by atoms with Crippen LogP contribution in [0, 0.1) is 0 Å². The van der Waals surface area contributed by atoms with E-state index in [1.165, 1.54) is 12.0 Å². The summed E-state index contributed by atoms with van der Waals surface area (Å²) in [5.74, 6) is 0.752. The van der Waals surface area contributed by atoms with Crippen LogP contribution in [0.4, 0.5) is 5.69 Å². The van der Waals surface area contributed by atoms with Crippen LogP contribution in [0.1, 0.15) is 11.1 Å². The molecule has 0 unspecified atom stereocenters. The number of aromatic nitrogens is 1. The Balaban J connectivity index is 1.66. The van der Waals surface area contributed by atoms with Crippen molar-refractivity contribution in [2.24, 2.45) is 5.10 Å². The summed E-state index contributed by atoms with van der Waals surface area (Å²) < 4.78 is 5.28. The van der Waals surface area contributed by atoms with Gasteiger partial charge in [0.05, 0.1) is 18.1 Å². The maximum absolute atomic E-state index is 5.28. The molecule has 0 aliphatic carbocycles. The van der Waals surface area contributed by atoms with Gasteiger partial charge >= 0.3 is 0 Å². The van der Waals surface area contributed by atoms with Crippen LogP contribution in [0.5, 0.6) is 0 Å². The van der Waals surface area contributed by atoms with Gasteiger partial charge in [0.1, 0.15) is 0 Å². The Morgan fingerprint density at radius 3 is 2.62 bits per heavy atom. The molecule has 5 nitrogen and oxygen atoms in total. The normalized spacial score (nSPS) is 11.3. The molecule has 2 aromatic carbocycles. The highest BCUT2D eigenvalue weighted by Gasteiger charge is 2.02. The van der Waals surface area contributed by atoms with Gasteiger partial charge in [0.2, 0.25) is 0 Å². The summed E-state index contributed by atoms with van der Waals surface area (Å²) in [7, 11) is 4.12. The second kappa shape index (κ2) is 7.57. The van der Waals surface area contributed by atoms with Crippen LogP contribution in [0.2, 0.25) is 0 Å². The topological polar surface area (TPSA) is 53.7 Å². The number of hydrogen-bond donors (Lipinski definition) is 1. The standard InChI is InChI=1S/C19H20N4O/c1-23(2)13-17-6-4-3-5-16(17)11-21-22-18-9-7-15(8-10-18)19-12-20-14-24-19/h3-12,14,22H,13H2,1-2H3/b21-11+. The number of hydrogen-bond acceptors (Lipinski definition) is 5. The van der Waals surface area contributed by atoms with E-state index in [2.05, 4.69) is 46.6 Å². The highest BCUT2D eigenvalue weighted by Crippen LogP contribution is 2.20. The van der Waals surface area contributed by atoms with E-state index < -0.39 is 0 Å². The summed E-state index contributed by atoms with van der Waals surface area (Å²) in [5, 5.41) is 4.34. The van der Waals surface area contributed by atoms with Gasteiger partial charge in [0.25, 0.3) is 0 Å². The van der Waals surface area contributed by atoms with Gasteiger partial charge in [-0.2, -0.15) is 5.10 Å². The Labute approximate surface area is 141 Å². The molecule has 1 heterocycles. The summed E-state index contributed by atoms with van der Waals surface area (Å²) in [6, 6.07) is 16.1. The van der Waals surface area contributed by atoms with E-state index in [1.54, 1.807) is 6.20 Å². The summed E-state index contributed by atoms with van der Waals surface area (Å²) in [4.78, 5) is 6.06. The number of anilines is 1. The van der Waals surface area contributed by atoms with Crippen molar-refractivity contribution in [2.45, 2.75) is 6.54 Å². The number of benzene rings is 2. The van der Waals surface area contributed by atoms with Crippen LogP contribution in [0.3, 0.4) is 0 Å². The first kappa shape index (κ1) is 16.0. The maximum atomic E-state index is 5.28. The van der Waals surface area contributed by atoms with Gasteiger partial charge in [0, 0.05) is 12.1 Å². The summed E-state index contributed by atoms with van der Waals surface area (Å²) in [5.41, 5.74) is 7.31. The fraction of sp³-hybridized carbons (Fsp3) is 0.158. The number of oxazole rings is 1. The molecule has 5 heteroatoms. The lowest BCUT2D eigenvalue weighted by molar-refractivity contribution is 0.402. The number of nitrogens with one attached hydrogen (secondary N) is 1. The molecule has 0 aliphatic heterocycles. The van der Waals surface area contributed by atoms with Crippen LogP contribution >= 0.6 is 0 Å². The first-order valence-corrected chi connectivity index (χ1v) is 7.73. The molecule has 24 heavy (non-hydrogen) atoms. The van der Waals surface area contributed by atoms with E-state index in [9.17, 15) is 0 Å². The second-order valence-corrected chi connectivity index (χ2v) is 5.75. The predicted molar refractivity (Wildman–Crippen MR) is 97.0 cm³/mol. The molecular weight excluding hydrogens is 300 g/mol. The van der Waals surface area contributed by atoms with Crippen LogP contribution < -0.4 is 5.43 Å². The first-order chi connectivity index (χ1) is 11.7. The van der Waals surface area contributed by atoms with Crippen molar-refractivity contribution < 1.29 is 4.42 Å². The van der Waals surface area contributed by atoms with E-state index in [-0.39, 0.29) is 0 Å². The van der Waals surface area contributed by atoms with Crippen molar-refractivity contribution in [1.29, 1.82) is 0 Å². The molecule has 122 valence electrons. The third-order valence-electron chi connectivity index (χ3n) is 3.54. The average Bonchev–Trinajstić information content (AvgIpc) is 3.11. The maximum Gasteiger partial charge on any atom is 0.181 e. The van der Waals surface area contributed by atoms with Gasteiger partial charge in [-0.1, -0.05) is 24.3 Å². The van der Waals surface area contributed by atoms with E-state index in [0.717, 1.165) is 29.1 Å². The zero-order valence-electron chi connectivity index (χ0n) is 13.8. The highest BCUT2D eigenvalue weighted by atomic mass is 16.3. The molecule has 3 rings (SSSR count). The zero-order valence-corrected chi connectivity index (χ0v) is 13.8. The fourth-order valence-corrected chi connectivity index (χ4v) is 2.39. The van der Waals surface area contributed by atoms with Crippen molar-refractivity contribution in [3.63, 3.8) is 0 Å². The Kier molecular flexibility index (Phi) is 5.03. The second-order valence-electron chi connectivity index (χ2n) is 5.75. The molecule has 0 atom stereocenters. The van der Waals surface area contributed by atoms with Crippen molar-refractivity contribution in [2.75, 3.05) is 19.5 Å². The molecule has 0 saturated heterocycles. The quantitative estimate of drug-likeness (QED) is 0.554. The molecule has 0 bridgehead atoms. The molecule has 0 spiro atoms. The Bertz CT molecular complexity index is 792. The van der Waals surface area contributed by atoms with E-state index >= 15 is 0 Å². The lowest BCUT2D eigenvalue weighted by Gasteiger charge is -2.11. The van der Waals surface area contributed by atoms with Crippen LogP contribution in [-0.2, 0) is 6.54 Å². The van der Waals surface area contributed by atoms with Crippen LogP contribution in [0.15, 0.2) is 70.6 Å². The third kappa shape index (κ3) is 4.08. The smallest absolute Gasteiger partial charge is 0.181 e. The largest absolute Gasteiger partial charge is 0.444 e. The van der Waals surface area contributed by atoms with E-state index in [0.29, 0.717) is 0 Å². The lowest BCUT2D eigenvalue weighted by atomic mass is 10.1. The van der Waals surface area contributed by atoms with Gasteiger partial charge in [-0.15, -0.1) is 0 Å². The molecular formula is C19H20N4O. The van der Waals surface area contributed by atoms with E-state index in [1.807, 2.05) is 42.6 Å². The highest BCUT2D eigenvalue weighted by molar-refractivity contribution is 5.82. The van der Waals surface area contributed by atoms with Gasteiger partial charge < -0.3 is 9.32 Å². The molecule has 0 amide bonds. The van der Waals surface area contributed by atoms with Crippen LogP contribution in [-0.4, -0.2) is 30.2 Å². The third-order valence-corrected chi connectivity index (χ3v) is 3.54. The Morgan fingerprint density at radius 2 is 1.92 bits per heavy atom. The molecule has 1 N–H and O–H groups in total. The SMILES string of the molecule is CN(C)Cc1ccccc1/C=N/Nc1ccc(-c2cnco2)cc1. The molecule has 1 aromatic heterocycles. The van der Waals surface area contributed by atoms with Gasteiger partial charge in [-0.25, -0.2) is 4.98 Å². The minimum absolute atomic E-state index is 0.752. The van der Waals surface area contributed by atoms with Crippen molar-refractivity contribution >= 4 is 11.9 Å². The summed E-state index contributed by atoms with van der Waals surface area (Å²) >= 11 is 0. The van der Waals surface area contributed by atoms with Gasteiger partial charge in [-0.3, -0.25) is 5.43 Å². The van der Waals surface area contributed by atoms with Gasteiger partial charge in [-0.05, 0) is 49.5 Å². The molecule has 0 saturated carbocycles. The van der Waals surface area contributed by atoms with Crippen molar-refractivity contribution in [3.8, 4) is 11.3 Å². The first-order valence-electron chi connectivity index (χ1n) is 7.73. The fourth-order valence-electron chi connectivity index (χ4n) is 2.39. The monoisotopic (exact) mass is 320 g/mol. The molecule has 0 radical (unpaired) electrons. The minimum atomic E-state index is 0.752. The molecule has 0 fully saturated rings. The molecule has 0 aliphatic rings. The predicted octanol–water partition coefficient (Wildman–Crippen LogP) is 3.85. The van der Waals surface area contributed by atoms with Crippen molar-refractivity contribution in [3.05, 3.63) is 72.2 Å². The van der Waals surface area contributed by atoms with E-state index in [4.69, 9.17) is 4.42 Å². The number of nitrogens with zero attached hydrogens (tertiary/aromatic N) is 3. The molecule has 3 aromatic rings. The van der Waals surface area contributed by atoms with Gasteiger partial charge in [0.15, 0.2) is 12.2 Å². The zero-order chi connectivity index (χ0) is 16.8. The van der Waals surface area contributed by atoms with Crippen molar-refractivity contribution in [1.82, 2.24) is 9.88 Å². The summed E-state index contributed by atoms with van der Waals surface area (Å²) in [6.07, 6.45) is 4.97. The number of hydrazone groups is 1. The Morgan fingerprint density at radius 1 is 1.12 bits per heavy atom. The van der Waals surface area contributed by atoms with Crippen LogP contribution in [0.25, 0.3) is 11.3 Å². The number of rotatable bonds is 6.